The van der Waals surface area contributed by atoms with E-state index in [2.05, 4.69) is 83.9 Å². The van der Waals surface area contributed by atoms with E-state index in [9.17, 15) is 0 Å². The maximum atomic E-state index is 3.61. The van der Waals surface area contributed by atoms with Gasteiger partial charge in [-0.3, -0.25) is 4.31 Å². The van der Waals surface area contributed by atoms with Gasteiger partial charge in [-0.2, -0.15) is 0 Å². The van der Waals surface area contributed by atoms with Crippen molar-refractivity contribution in [1.29, 1.82) is 0 Å². The van der Waals surface area contributed by atoms with Crippen molar-refractivity contribution in [1.82, 2.24) is 9.29 Å². The lowest BCUT2D eigenvalue weighted by Gasteiger charge is -2.23. The predicted octanol–water partition coefficient (Wildman–Crippen LogP) is 5.25. The number of H-pyrrole nitrogens is 1. The van der Waals surface area contributed by atoms with Crippen molar-refractivity contribution in [2.75, 3.05) is 32.6 Å². The first kappa shape index (κ1) is 16.6. The first-order valence-electron chi connectivity index (χ1n) is 8.89. The van der Waals surface area contributed by atoms with Gasteiger partial charge in [-0.05, 0) is 75.1 Å². The minimum absolute atomic E-state index is 0.872. The average Bonchev–Trinajstić information content (AvgIpc) is 3.29. The minimum Gasteiger partial charge on any atom is -0.374 e. The van der Waals surface area contributed by atoms with Gasteiger partial charge in [-0.1, -0.05) is 18.2 Å². The minimum atomic E-state index is 0.872. The summed E-state index contributed by atoms with van der Waals surface area (Å²) in [5, 5.41) is 1.26. The average molecular weight is 352 g/mol. The van der Waals surface area contributed by atoms with Gasteiger partial charge < -0.3 is 9.88 Å². The molecule has 0 radical (unpaired) electrons. The Labute approximate surface area is 154 Å². The maximum absolute atomic E-state index is 3.61. The number of anilines is 1. The molecule has 130 valence electrons. The molecule has 2 aromatic carbocycles. The molecule has 1 aliphatic carbocycles. The number of hydrogen-bond acceptors (Lipinski definition) is 3. The highest BCUT2D eigenvalue weighted by atomic mass is 32.2. The Morgan fingerprint density at radius 1 is 1.04 bits per heavy atom. The van der Waals surface area contributed by atoms with Gasteiger partial charge in [0.25, 0.3) is 0 Å². The molecular formula is C21H25N3S. The van der Waals surface area contributed by atoms with Gasteiger partial charge in [0.2, 0.25) is 0 Å². The highest BCUT2D eigenvalue weighted by Crippen LogP contribution is 2.38. The Morgan fingerprint density at radius 3 is 2.56 bits per heavy atom. The van der Waals surface area contributed by atoms with Gasteiger partial charge in [0, 0.05) is 46.3 Å². The summed E-state index contributed by atoms with van der Waals surface area (Å²) in [5.74, 6) is 0.872. The van der Waals surface area contributed by atoms with Crippen molar-refractivity contribution in [3.8, 4) is 11.3 Å². The first-order chi connectivity index (χ1) is 12.1. The van der Waals surface area contributed by atoms with Crippen molar-refractivity contribution in [2.45, 2.75) is 17.7 Å². The van der Waals surface area contributed by atoms with E-state index in [1.807, 2.05) is 0 Å². The van der Waals surface area contributed by atoms with Gasteiger partial charge >= 0.3 is 0 Å². The normalized spacial score (nSPS) is 14.4. The SMILES string of the molecule is CN(C)Sc1ccc(N(C)CC2CC2)c(-c2cc3ccccc3[nH]2)c1. The molecular weight excluding hydrogens is 326 g/mol. The van der Waals surface area contributed by atoms with Crippen LogP contribution in [0, 0.1) is 5.92 Å². The Kier molecular flexibility index (Phi) is 4.48. The number of hydrogen-bond donors (Lipinski definition) is 1. The molecule has 1 N–H and O–H groups in total. The van der Waals surface area contributed by atoms with Crippen LogP contribution in [0.25, 0.3) is 22.2 Å². The highest BCUT2D eigenvalue weighted by molar-refractivity contribution is 7.97. The fourth-order valence-electron chi connectivity index (χ4n) is 3.34. The molecule has 25 heavy (non-hydrogen) atoms. The number of rotatable bonds is 6. The zero-order valence-corrected chi connectivity index (χ0v) is 15.9. The van der Waals surface area contributed by atoms with Crippen molar-refractivity contribution < 1.29 is 0 Å². The zero-order valence-electron chi connectivity index (χ0n) is 15.1. The van der Waals surface area contributed by atoms with E-state index in [-0.39, 0.29) is 0 Å². The zero-order chi connectivity index (χ0) is 17.4. The van der Waals surface area contributed by atoms with Crippen LogP contribution in [-0.2, 0) is 0 Å². The fraction of sp³-hybridized carbons (Fsp3) is 0.333. The summed E-state index contributed by atoms with van der Waals surface area (Å²) >= 11 is 1.76. The third-order valence-electron chi connectivity index (χ3n) is 4.72. The van der Waals surface area contributed by atoms with Crippen LogP contribution in [0.15, 0.2) is 53.4 Å². The quantitative estimate of drug-likeness (QED) is 0.613. The molecule has 1 heterocycles. The largest absolute Gasteiger partial charge is 0.374 e. The van der Waals surface area contributed by atoms with E-state index in [1.54, 1.807) is 11.9 Å². The lowest BCUT2D eigenvalue weighted by atomic mass is 10.1. The Balaban J connectivity index is 1.77. The summed E-state index contributed by atoms with van der Waals surface area (Å²) in [5.41, 5.74) is 4.98. The molecule has 0 bridgehead atoms. The summed E-state index contributed by atoms with van der Waals surface area (Å²) < 4.78 is 2.14. The Hall–Kier alpha value is -1.91. The summed E-state index contributed by atoms with van der Waals surface area (Å²) in [4.78, 5) is 7.29. The first-order valence-corrected chi connectivity index (χ1v) is 9.66. The maximum Gasteiger partial charge on any atom is 0.0486 e. The van der Waals surface area contributed by atoms with Crippen molar-refractivity contribution >= 4 is 28.5 Å². The van der Waals surface area contributed by atoms with Gasteiger partial charge in [0.1, 0.15) is 0 Å². The number of benzene rings is 2. The second-order valence-electron chi connectivity index (χ2n) is 7.18. The summed E-state index contributed by atoms with van der Waals surface area (Å²) in [6.07, 6.45) is 2.75. The van der Waals surface area contributed by atoms with Crippen LogP contribution in [0.4, 0.5) is 5.69 Å². The summed E-state index contributed by atoms with van der Waals surface area (Å²) in [7, 11) is 6.39. The topological polar surface area (TPSA) is 22.3 Å². The van der Waals surface area contributed by atoms with Crippen LogP contribution >= 0.6 is 11.9 Å². The van der Waals surface area contributed by atoms with Crippen LogP contribution in [0.1, 0.15) is 12.8 Å². The van der Waals surface area contributed by atoms with Gasteiger partial charge in [-0.15, -0.1) is 0 Å². The molecule has 1 fully saturated rings. The van der Waals surface area contributed by atoms with E-state index in [1.165, 1.54) is 45.6 Å². The number of nitrogens with zero attached hydrogens (tertiary/aromatic N) is 2. The monoisotopic (exact) mass is 351 g/mol. The number of aromatic nitrogens is 1. The molecule has 0 unspecified atom stereocenters. The third-order valence-corrected chi connectivity index (χ3v) is 5.55. The molecule has 1 aliphatic rings. The van der Waals surface area contributed by atoms with Gasteiger partial charge in [-0.25, -0.2) is 0 Å². The molecule has 4 rings (SSSR count). The fourth-order valence-corrected chi connectivity index (χ4v) is 4.06. The molecule has 3 nitrogen and oxygen atoms in total. The van der Waals surface area contributed by atoms with Gasteiger partial charge in [0.15, 0.2) is 0 Å². The second-order valence-corrected chi connectivity index (χ2v) is 8.56. The van der Waals surface area contributed by atoms with E-state index >= 15 is 0 Å². The lowest BCUT2D eigenvalue weighted by molar-refractivity contribution is 0.702. The van der Waals surface area contributed by atoms with Crippen LogP contribution in [0.5, 0.6) is 0 Å². The van der Waals surface area contributed by atoms with Crippen LogP contribution in [-0.4, -0.2) is 37.0 Å². The molecule has 0 spiro atoms. The predicted molar refractivity (Wildman–Crippen MR) is 109 cm³/mol. The lowest BCUT2D eigenvalue weighted by Crippen LogP contribution is -2.20. The Bertz CT molecular complexity index is 847. The summed E-state index contributed by atoms with van der Waals surface area (Å²) in [6.45, 7) is 1.15. The van der Waals surface area contributed by atoms with Crippen molar-refractivity contribution in [3.63, 3.8) is 0 Å². The number of fused-ring (bicyclic) bond motifs is 1. The number of aromatic amines is 1. The molecule has 0 saturated heterocycles. The van der Waals surface area contributed by atoms with Crippen molar-refractivity contribution in [3.05, 3.63) is 48.5 Å². The Morgan fingerprint density at radius 2 is 1.84 bits per heavy atom. The van der Waals surface area contributed by atoms with E-state index in [0.717, 1.165) is 12.5 Å². The smallest absolute Gasteiger partial charge is 0.0486 e. The van der Waals surface area contributed by atoms with E-state index in [4.69, 9.17) is 0 Å². The molecule has 0 amide bonds. The number of nitrogens with one attached hydrogen (secondary N) is 1. The van der Waals surface area contributed by atoms with E-state index in [0.29, 0.717) is 0 Å². The highest BCUT2D eigenvalue weighted by Gasteiger charge is 2.24. The summed E-state index contributed by atoms with van der Waals surface area (Å²) in [6, 6.07) is 17.6. The third kappa shape index (κ3) is 3.70. The molecule has 1 aromatic heterocycles. The molecule has 0 aliphatic heterocycles. The second kappa shape index (κ2) is 6.77. The van der Waals surface area contributed by atoms with E-state index < -0.39 is 0 Å². The molecule has 0 atom stereocenters. The van der Waals surface area contributed by atoms with Crippen LogP contribution in [0.2, 0.25) is 0 Å². The molecule has 3 aromatic rings. The molecule has 4 heteroatoms. The van der Waals surface area contributed by atoms with Crippen molar-refractivity contribution in [2.24, 2.45) is 5.92 Å². The van der Waals surface area contributed by atoms with Crippen LogP contribution < -0.4 is 4.90 Å². The molecule has 1 saturated carbocycles. The van der Waals surface area contributed by atoms with Crippen LogP contribution in [0.3, 0.4) is 0 Å². The number of para-hydroxylation sites is 1. The standard InChI is InChI=1S/C21H25N3S/c1-23(2)25-17-10-11-21(24(3)14-15-8-9-15)18(13-17)20-12-16-6-4-5-7-19(16)22-20/h4-7,10-13,15,22H,8-9,14H2,1-3H3. The van der Waals surface area contributed by atoms with Gasteiger partial charge in [0.05, 0.1) is 0 Å².